The van der Waals surface area contributed by atoms with Gasteiger partial charge in [0.05, 0.1) is 0 Å². The fourth-order valence-electron chi connectivity index (χ4n) is 6.54. The van der Waals surface area contributed by atoms with Crippen LogP contribution in [0.15, 0.2) is 36.4 Å². The molecular formula is C29H40O2. The summed E-state index contributed by atoms with van der Waals surface area (Å²) in [5, 5.41) is 19.7. The standard InChI is InChI=1S/C29H40O2/c1-19-17-23(9-15-27(19)30)21-5-11-25(12-6-21)29(3,4)26-13-7-22(8-14-26)24-10-16-28(31)20(2)18-24/h9-10,15-18,21-22,25-26,30-31H,5-8,11-14H2,1-4H3. The van der Waals surface area contributed by atoms with Gasteiger partial charge < -0.3 is 10.2 Å². The Hall–Kier alpha value is -1.96. The summed E-state index contributed by atoms with van der Waals surface area (Å²) >= 11 is 0. The number of hydrogen-bond acceptors (Lipinski definition) is 2. The van der Waals surface area contributed by atoms with E-state index >= 15 is 0 Å². The van der Waals surface area contributed by atoms with E-state index in [1.165, 1.54) is 62.5 Å². The van der Waals surface area contributed by atoms with Crippen molar-refractivity contribution < 1.29 is 10.2 Å². The van der Waals surface area contributed by atoms with Crippen LogP contribution in [0.2, 0.25) is 0 Å². The second kappa shape index (κ2) is 8.88. The highest BCUT2D eigenvalue weighted by molar-refractivity contribution is 5.37. The highest BCUT2D eigenvalue weighted by atomic mass is 16.3. The van der Waals surface area contributed by atoms with Gasteiger partial charge in [0.15, 0.2) is 0 Å². The van der Waals surface area contributed by atoms with Gasteiger partial charge in [0, 0.05) is 0 Å². The second-order valence-corrected chi connectivity index (χ2v) is 11.0. The van der Waals surface area contributed by atoms with Crippen LogP contribution in [0.5, 0.6) is 11.5 Å². The van der Waals surface area contributed by atoms with Crippen molar-refractivity contribution in [3.63, 3.8) is 0 Å². The minimum atomic E-state index is 0.408. The third kappa shape index (κ3) is 4.64. The monoisotopic (exact) mass is 420 g/mol. The fourth-order valence-corrected chi connectivity index (χ4v) is 6.54. The summed E-state index contributed by atoms with van der Waals surface area (Å²) in [5.74, 6) is 3.77. The van der Waals surface area contributed by atoms with Gasteiger partial charge in [-0.15, -0.1) is 0 Å². The van der Waals surface area contributed by atoms with Crippen LogP contribution in [0.25, 0.3) is 0 Å². The van der Waals surface area contributed by atoms with Crippen LogP contribution in [0, 0.1) is 31.1 Å². The van der Waals surface area contributed by atoms with Gasteiger partial charge in [-0.2, -0.15) is 0 Å². The van der Waals surface area contributed by atoms with Gasteiger partial charge in [0.1, 0.15) is 11.5 Å². The zero-order chi connectivity index (χ0) is 22.2. The Balaban J connectivity index is 1.34. The number of hydrogen-bond donors (Lipinski definition) is 2. The van der Waals surface area contributed by atoms with Crippen LogP contribution in [0.4, 0.5) is 0 Å². The maximum atomic E-state index is 9.84. The molecule has 0 bridgehead atoms. The van der Waals surface area contributed by atoms with Gasteiger partial charge in [-0.3, -0.25) is 0 Å². The van der Waals surface area contributed by atoms with E-state index in [4.69, 9.17) is 0 Å². The Morgan fingerprint density at radius 1 is 0.613 bits per heavy atom. The van der Waals surface area contributed by atoms with Gasteiger partial charge >= 0.3 is 0 Å². The first-order valence-corrected chi connectivity index (χ1v) is 12.3. The van der Waals surface area contributed by atoms with Crippen molar-refractivity contribution in [2.75, 3.05) is 0 Å². The third-order valence-electron chi connectivity index (χ3n) is 8.94. The Labute approximate surface area is 188 Å². The van der Waals surface area contributed by atoms with Crippen LogP contribution in [0.1, 0.15) is 99.3 Å². The molecule has 0 aromatic heterocycles. The molecule has 0 amide bonds. The number of rotatable bonds is 4. The first kappa shape index (κ1) is 22.2. The quantitative estimate of drug-likeness (QED) is 0.526. The molecule has 2 saturated carbocycles. The summed E-state index contributed by atoms with van der Waals surface area (Å²) in [4.78, 5) is 0. The topological polar surface area (TPSA) is 40.5 Å². The van der Waals surface area contributed by atoms with E-state index in [0.717, 1.165) is 23.0 Å². The van der Waals surface area contributed by atoms with Crippen molar-refractivity contribution in [3.05, 3.63) is 58.7 Å². The van der Waals surface area contributed by atoms with E-state index < -0.39 is 0 Å². The van der Waals surface area contributed by atoms with Crippen LogP contribution < -0.4 is 0 Å². The van der Waals surface area contributed by atoms with E-state index in [2.05, 4.69) is 38.1 Å². The minimum Gasteiger partial charge on any atom is -0.508 e. The average molecular weight is 421 g/mol. The van der Waals surface area contributed by atoms with E-state index in [1.807, 2.05) is 26.0 Å². The van der Waals surface area contributed by atoms with Crippen LogP contribution in [-0.2, 0) is 0 Å². The molecular weight excluding hydrogens is 380 g/mol. The SMILES string of the molecule is Cc1cc(C2CCC(C(C)(C)C3CCC(c4ccc(O)c(C)c4)CC3)CC2)ccc1O. The van der Waals surface area contributed by atoms with Crippen molar-refractivity contribution in [2.45, 2.75) is 90.9 Å². The molecule has 0 saturated heterocycles. The summed E-state index contributed by atoms with van der Waals surface area (Å²) in [6.45, 7) is 9.09. The lowest BCUT2D eigenvalue weighted by Gasteiger charge is -2.47. The van der Waals surface area contributed by atoms with Crippen LogP contribution in [-0.4, -0.2) is 10.2 Å². The van der Waals surface area contributed by atoms with Crippen LogP contribution >= 0.6 is 0 Å². The Kier molecular flexibility index (Phi) is 6.37. The first-order chi connectivity index (χ1) is 14.8. The van der Waals surface area contributed by atoms with Gasteiger partial charge in [-0.1, -0.05) is 38.1 Å². The summed E-state index contributed by atoms with van der Waals surface area (Å²) in [7, 11) is 0. The Morgan fingerprint density at radius 3 is 1.29 bits per heavy atom. The average Bonchev–Trinajstić information content (AvgIpc) is 2.78. The Bertz CT molecular complexity index is 823. The van der Waals surface area contributed by atoms with Gasteiger partial charge in [0.25, 0.3) is 0 Å². The Morgan fingerprint density at radius 2 is 0.968 bits per heavy atom. The molecule has 31 heavy (non-hydrogen) atoms. The highest BCUT2D eigenvalue weighted by Crippen LogP contribution is 2.52. The maximum Gasteiger partial charge on any atom is 0.118 e. The number of benzene rings is 2. The van der Waals surface area contributed by atoms with Crippen molar-refractivity contribution in [2.24, 2.45) is 17.3 Å². The zero-order valence-corrected chi connectivity index (χ0v) is 19.8. The molecule has 4 rings (SSSR count). The van der Waals surface area contributed by atoms with Crippen LogP contribution in [0.3, 0.4) is 0 Å². The molecule has 0 unspecified atom stereocenters. The minimum absolute atomic E-state index is 0.408. The van der Waals surface area contributed by atoms with Gasteiger partial charge in [-0.25, -0.2) is 0 Å². The molecule has 2 aromatic rings. The molecule has 2 heteroatoms. The number of aromatic hydroxyl groups is 2. The zero-order valence-electron chi connectivity index (χ0n) is 19.8. The molecule has 0 radical (unpaired) electrons. The van der Waals surface area contributed by atoms with Crippen molar-refractivity contribution in [3.8, 4) is 11.5 Å². The van der Waals surface area contributed by atoms with E-state index in [1.54, 1.807) is 0 Å². The second-order valence-electron chi connectivity index (χ2n) is 11.0. The molecule has 168 valence electrons. The predicted molar refractivity (Wildman–Crippen MR) is 129 cm³/mol. The molecule has 2 N–H and O–H groups in total. The fraction of sp³-hybridized carbons (Fsp3) is 0.586. The lowest BCUT2D eigenvalue weighted by molar-refractivity contribution is 0.0513. The highest BCUT2D eigenvalue weighted by Gasteiger charge is 2.40. The van der Waals surface area contributed by atoms with Crippen molar-refractivity contribution >= 4 is 0 Å². The number of phenols is 2. The normalized spacial score (nSPS) is 27.2. The summed E-state index contributed by atoms with van der Waals surface area (Å²) in [6.07, 6.45) is 10.4. The summed E-state index contributed by atoms with van der Waals surface area (Å²) in [5.41, 5.74) is 5.24. The summed E-state index contributed by atoms with van der Waals surface area (Å²) in [6, 6.07) is 12.4. The lowest BCUT2D eigenvalue weighted by Crippen LogP contribution is -2.36. The molecule has 2 aromatic carbocycles. The lowest BCUT2D eigenvalue weighted by atomic mass is 9.58. The smallest absolute Gasteiger partial charge is 0.118 e. The van der Waals surface area contributed by atoms with Crippen molar-refractivity contribution in [1.29, 1.82) is 0 Å². The van der Waals surface area contributed by atoms with E-state index in [0.29, 0.717) is 28.7 Å². The predicted octanol–water partition coefficient (Wildman–Crippen LogP) is 7.99. The number of aryl methyl sites for hydroxylation is 2. The molecule has 0 spiro atoms. The first-order valence-electron chi connectivity index (χ1n) is 12.3. The number of phenolic OH excluding ortho intramolecular Hbond substituents is 2. The molecule has 2 fully saturated rings. The third-order valence-corrected chi connectivity index (χ3v) is 8.94. The van der Waals surface area contributed by atoms with Gasteiger partial charge in [-0.05, 0) is 129 Å². The molecule has 0 atom stereocenters. The maximum absolute atomic E-state index is 9.84. The van der Waals surface area contributed by atoms with Gasteiger partial charge in [0.2, 0.25) is 0 Å². The molecule has 2 aliphatic rings. The molecule has 0 aliphatic heterocycles. The molecule has 2 nitrogen and oxygen atoms in total. The summed E-state index contributed by atoms with van der Waals surface area (Å²) < 4.78 is 0. The van der Waals surface area contributed by atoms with E-state index in [9.17, 15) is 10.2 Å². The molecule has 2 aliphatic carbocycles. The van der Waals surface area contributed by atoms with E-state index in [-0.39, 0.29) is 0 Å². The molecule has 0 heterocycles. The largest absolute Gasteiger partial charge is 0.508 e. The van der Waals surface area contributed by atoms with Crippen molar-refractivity contribution in [1.82, 2.24) is 0 Å².